The molecule has 6 nitrogen and oxygen atoms in total. The Labute approximate surface area is 195 Å². The SMILES string of the molecule is Cc1cccc(C(=O)Oc2ccc3ccccc3c2C=NNC(=O)COc2ccc(F)cc2)c1. The minimum absolute atomic E-state index is 0.298. The molecule has 0 unspecified atom stereocenters. The molecule has 4 aromatic rings. The van der Waals surface area contributed by atoms with Crippen LogP contribution in [0.4, 0.5) is 4.39 Å². The summed E-state index contributed by atoms with van der Waals surface area (Å²) in [5.41, 5.74) is 4.31. The van der Waals surface area contributed by atoms with Gasteiger partial charge in [-0.15, -0.1) is 0 Å². The van der Waals surface area contributed by atoms with Gasteiger partial charge in [0.2, 0.25) is 0 Å². The van der Waals surface area contributed by atoms with Gasteiger partial charge in [0.15, 0.2) is 6.61 Å². The van der Waals surface area contributed by atoms with Crippen molar-refractivity contribution in [1.29, 1.82) is 0 Å². The first-order valence-corrected chi connectivity index (χ1v) is 10.5. The molecule has 0 saturated heterocycles. The maximum Gasteiger partial charge on any atom is 0.343 e. The van der Waals surface area contributed by atoms with Crippen molar-refractivity contribution in [2.75, 3.05) is 6.61 Å². The second-order valence-corrected chi connectivity index (χ2v) is 7.49. The first-order chi connectivity index (χ1) is 16.5. The fourth-order valence-corrected chi connectivity index (χ4v) is 3.31. The van der Waals surface area contributed by atoms with E-state index in [1.165, 1.54) is 30.5 Å². The van der Waals surface area contributed by atoms with E-state index in [-0.39, 0.29) is 6.61 Å². The second kappa shape index (κ2) is 10.4. The average molecular weight is 456 g/mol. The number of halogens is 1. The van der Waals surface area contributed by atoms with E-state index in [0.29, 0.717) is 22.6 Å². The molecule has 0 radical (unpaired) electrons. The van der Waals surface area contributed by atoms with E-state index in [4.69, 9.17) is 9.47 Å². The van der Waals surface area contributed by atoms with Gasteiger partial charge in [0.1, 0.15) is 17.3 Å². The fourth-order valence-electron chi connectivity index (χ4n) is 3.31. The van der Waals surface area contributed by atoms with Crippen molar-refractivity contribution in [3.8, 4) is 11.5 Å². The number of esters is 1. The minimum Gasteiger partial charge on any atom is -0.484 e. The zero-order chi connectivity index (χ0) is 23.9. The summed E-state index contributed by atoms with van der Waals surface area (Å²) < 4.78 is 23.9. The molecular weight excluding hydrogens is 435 g/mol. The Morgan fingerprint density at radius 1 is 0.971 bits per heavy atom. The summed E-state index contributed by atoms with van der Waals surface area (Å²) in [7, 11) is 0. The third-order valence-corrected chi connectivity index (χ3v) is 4.95. The van der Waals surface area contributed by atoms with Gasteiger partial charge >= 0.3 is 5.97 Å². The maximum atomic E-state index is 13.0. The molecule has 0 aliphatic heterocycles. The summed E-state index contributed by atoms with van der Waals surface area (Å²) in [6, 6.07) is 23.6. The van der Waals surface area contributed by atoms with E-state index in [2.05, 4.69) is 10.5 Å². The summed E-state index contributed by atoms with van der Waals surface area (Å²) in [6.07, 6.45) is 1.43. The minimum atomic E-state index is -0.501. The van der Waals surface area contributed by atoms with Gasteiger partial charge in [-0.05, 0) is 60.2 Å². The fraction of sp³-hybridized carbons (Fsp3) is 0.0741. The highest BCUT2D eigenvalue weighted by molar-refractivity contribution is 6.04. The Kier molecular flexibility index (Phi) is 6.93. The van der Waals surface area contributed by atoms with Crippen LogP contribution in [0.25, 0.3) is 10.8 Å². The highest BCUT2D eigenvalue weighted by Gasteiger charge is 2.14. The monoisotopic (exact) mass is 456 g/mol. The van der Waals surface area contributed by atoms with Crippen molar-refractivity contribution in [1.82, 2.24) is 5.43 Å². The van der Waals surface area contributed by atoms with Crippen LogP contribution >= 0.6 is 0 Å². The van der Waals surface area contributed by atoms with E-state index in [1.807, 2.05) is 43.3 Å². The van der Waals surface area contributed by atoms with Crippen LogP contribution in [0.3, 0.4) is 0 Å². The number of aryl methyl sites for hydroxylation is 1. The lowest BCUT2D eigenvalue weighted by atomic mass is 10.0. The normalized spacial score (nSPS) is 10.9. The van der Waals surface area contributed by atoms with Crippen molar-refractivity contribution in [2.24, 2.45) is 5.10 Å². The number of hydrazone groups is 1. The average Bonchev–Trinajstić information content (AvgIpc) is 2.84. The lowest BCUT2D eigenvalue weighted by Gasteiger charge is -2.11. The maximum absolute atomic E-state index is 13.0. The Balaban J connectivity index is 1.50. The number of ether oxygens (including phenoxy) is 2. The predicted octanol–water partition coefficient (Wildman–Crippen LogP) is 5.04. The predicted molar refractivity (Wildman–Crippen MR) is 128 cm³/mol. The van der Waals surface area contributed by atoms with Crippen molar-refractivity contribution in [3.05, 3.63) is 107 Å². The number of hydrogen-bond donors (Lipinski definition) is 1. The molecule has 1 N–H and O–H groups in total. The van der Waals surface area contributed by atoms with Gasteiger partial charge in [-0.1, -0.05) is 48.0 Å². The van der Waals surface area contributed by atoms with Crippen molar-refractivity contribution in [2.45, 2.75) is 6.92 Å². The zero-order valence-corrected chi connectivity index (χ0v) is 18.3. The Morgan fingerprint density at radius 3 is 2.56 bits per heavy atom. The number of carbonyl (C=O) groups excluding carboxylic acids is 2. The van der Waals surface area contributed by atoms with Gasteiger partial charge in [-0.25, -0.2) is 14.6 Å². The van der Waals surface area contributed by atoms with Crippen molar-refractivity contribution < 1.29 is 23.5 Å². The molecule has 0 heterocycles. The highest BCUT2D eigenvalue weighted by Crippen LogP contribution is 2.27. The summed E-state index contributed by atoms with van der Waals surface area (Å²) >= 11 is 0. The summed E-state index contributed by atoms with van der Waals surface area (Å²) in [5.74, 6) is -0.717. The molecule has 4 rings (SSSR count). The van der Waals surface area contributed by atoms with Crippen molar-refractivity contribution in [3.63, 3.8) is 0 Å². The van der Waals surface area contributed by atoms with Gasteiger partial charge in [-0.2, -0.15) is 5.10 Å². The molecule has 0 aliphatic carbocycles. The Hall–Kier alpha value is -4.52. The largest absolute Gasteiger partial charge is 0.484 e. The van der Waals surface area contributed by atoms with Crippen molar-refractivity contribution >= 4 is 28.9 Å². The summed E-state index contributed by atoms with van der Waals surface area (Å²) in [4.78, 5) is 24.8. The molecule has 4 aromatic carbocycles. The quantitative estimate of drug-likeness (QED) is 0.183. The van der Waals surface area contributed by atoms with Crippen LogP contribution in [-0.4, -0.2) is 24.7 Å². The van der Waals surface area contributed by atoms with Crippen LogP contribution in [0.2, 0.25) is 0 Å². The van der Waals surface area contributed by atoms with Crippen LogP contribution in [-0.2, 0) is 4.79 Å². The number of amides is 1. The van der Waals surface area contributed by atoms with Gasteiger partial charge in [0.05, 0.1) is 11.8 Å². The standard InChI is InChI=1S/C27H21FN2O4/c1-18-5-4-7-20(15-18)27(32)34-25-14-9-19-6-2-3-8-23(19)24(25)16-29-30-26(31)17-33-22-12-10-21(28)11-13-22/h2-16H,17H2,1H3,(H,30,31). The van der Waals surface area contributed by atoms with Crippen LogP contribution in [0.5, 0.6) is 11.5 Å². The molecule has 0 fully saturated rings. The number of carbonyl (C=O) groups is 2. The molecule has 0 bridgehead atoms. The zero-order valence-electron chi connectivity index (χ0n) is 18.3. The molecule has 0 aromatic heterocycles. The molecular formula is C27H21FN2O4. The van der Waals surface area contributed by atoms with Gasteiger partial charge in [0, 0.05) is 5.56 Å². The summed E-state index contributed by atoms with van der Waals surface area (Å²) in [6.45, 7) is 1.60. The van der Waals surface area contributed by atoms with Crippen LogP contribution in [0.1, 0.15) is 21.5 Å². The Bertz CT molecular complexity index is 1370. The molecule has 0 atom stereocenters. The lowest BCUT2D eigenvalue weighted by Crippen LogP contribution is -2.24. The first kappa shape index (κ1) is 22.7. The molecule has 7 heteroatoms. The molecule has 1 amide bonds. The van der Waals surface area contributed by atoms with Gasteiger partial charge < -0.3 is 9.47 Å². The molecule has 0 spiro atoms. The van der Waals surface area contributed by atoms with E-state index < -0.39 is 17.7 Å². The molecule has 170 valence electrons. The number of rotatable bonds is 7. The van der Waals surface area contributed by atoms with Crippen LogP contribution < -0.4 is 14.9 Å². The van der Waals surface area contributed by atoms with E-state index in [1.54, 1.807) is 24.3 Å². The highest BCUT2D eigenvalue weighted by atomic mass is 19.1. The van der Waals surface area contributed by atoms with Gasteiger partial charge in [-0.3, -0.25) is 4.79 Å². The summed E-state index contributed by atoms with van der Waals surface area (Å²) in [5, 5.41) is 5.74. The van der Waals surface area contributed by atoms with E-state index in [9.17, 15) is 14.0 Å². The number of nitrogens with zero attached hydrogens (tertiary/aromatic N) is 1. The number of nitrogens with one attached hydrogen (secondary N) is 1. The van der Waals surface area contributed by atoms with Crippen LogP contribution in [0.15, 0.2) is 90.0 Å². The molecule has 0 aliphatic rings. The van der Waals surface area contributed by atoms with E-state index in [0.717, 1.165) is 16.3 Å². The van der Waals surface area contributed by atoms with E-state index >= 15 is 0 Å². The third kappa shape index (κ3) is 5.63. The second-order valence-electron chi connectivity index (χ2n) is 7.49. The first-order valence-electron chi connectivity index (χ1n) is 10.5. The topological polar surface area (TPSA) is 77.0 Å². The Morgan fingerprint density at radius 2 is 1.76 bits per heavy atom. The number of benzene rings is 4. The molecule has 34 heavy (non-hydrogen) atoms. The lowest BCUT2D eigenvalue weighted by molar-refractivity contribution is -0.123. The third-order valence-electron chi connectivity index (χ3n) is 4.95. The number of hydrogen-bond acceptors (Lipinski definition) is 5. The number of fused-ring (bicyclic) bond motifs is 1. The molecule has 0 saturated carbocycles. The van der Waals surface area contributed by atoms with Crippen LogP contribution in [0, 0.1) is 12.7 Å². The smallest absolute Gasteiger partial charge is 0.343 e. The van der Waals surface area contributed by atoms with Gasteiger partial charge in [0.25, 0.3) is 5.91 Å².